The molecule has 0 saturated carbocycles. The van der Waals surface area contributed by atoms with Gasteiger partial charge in [-0.2, -0.15) is 0 Å². The second kappa shape index (κ2) is 4.86. The predicted octanol–water partition coefficient (Wildman–Crippen LogP) is 5.28. The van der Waals surface area contributed by atoms with E-state index in [0.717, 1.165) is 22.2 Å². The molecule has 0 unspecified atom stereocenters. The smallest absolute Gasteiger partial charge is 0.227 e. The highest BCUT2D eigenvalue weighted by molar-refractivity contribution is 9.24. The Labute approximate surface area is 121 Å². The van der Waals surface area contributed by atoms with Crippen LogP contribution in [-0.2, 0) is 0 Å². The number of hydrogen-bond donors (Lipinski definition) is 0. The lowest BCUT2D eigenvalue weighted by Crippen LogP contribution is -1.83. The fraction of sp³-hybridized carbons (Fsp3) is 0.0714. The fourth-order valence-corrected chi connectivity index (χ4v) is 2.37. The van der Waals surface area contributed by atoms with Gasteiger partial charge >= 0.3 is 0 Å². The molecule has 18 heavy (non-hydrogen) atoms. The van der Waals surface area contributed by atoms with E-state index in [0.29, 0.717) is 5.89 Å². The van der Waals surface area contributed by atoms with Gasteiger partial charge in [0.1, 0.15) is 5.52 Å². The van der Waals surface area contributed by atoms with E-state index in [1.54, 1.807) is 0 Å². The van der Waals surface area contributed by atoms with Gasteiger partial charge in [-0.05, 0) is 29.8 Å². The Hall–Kier alpha value is -1.13. The maximum absolute atomic E-state index is 5.75. The normalized spacial score (nSPS) is 11.3. The van der Waals surface area contributed by atoms with E-state index in [1.165, 1.54) is 0 Å². The molecule has 2 aromatic carbocycles. The average molecular weight is 367 g/mol. The number of oxazole rings is 1. The standard InChI is InChI=1S/C14H9Br2NO/c15-13(16)9-4-3-5-10(8-9)14-17-11-6-1-2-7-12(11)18-14/h1-8,13H. The van der Waals surface area contributed by atoms with Crippen molar-refractivity contribution in [3.63, 3.8) is 0 Å². The first-order chi connectivity index (χ1) is 8.74. The first-order valence-electron chi connectivity index (χ1n) is 5.48. The number of nitrogens with zero attached hydrogens (tertiary/aromatic N) is 1. The molecule has 1 heterocycles. The van der Waals surface area contributed by atoms with Gasteiger partial charge in [-0.3, -0.25) is 0 Å². The van der Waals surface area contributed by atoms with Gasteiger partial charge in [-0.1, -0.05) is 56.1 Å². The summed E-state index contributed by atoms with van der Waals surface area (Å²) in [5.41, 5.74) is 3.81. The van der Waals surface area contributed by atoms with Crippen LogP contribution >= 0.6 is 31.9 Å². The van der Waals surface area contributed by atoms with Gasteiger partial charge in [-0.15, -0.1) is 0 Å². The zero-order valence-corrected chi connectivity index (χ0v) is 12.5. The zero-order valence-electron chi connectivity index (χ0n) is 9.31. The van der Waals surface area contributed by atoms with Crippen molar-refractivity contribution in [2.24, 2.45) is 0 Å². The molecule has 0 amide bonds. The number of halogens is 2. The van der Waals surface area contributed by atoms with Crippen LogP contribution < -0.4 is 0 Å². The Balaban J connectivity index is 2.11. The van der Waals surface area contributed by atoms with Gasteiger partial charge in [0.2, 0.25) is 5.89 Å². The topological polar surface area (TPSA) is 26.0 Å². The van der Waals surface area contributed by atoms with Crippen molar-refractivity contribution in [2.75, 3.05) is 0 Å². The average Bonchev–Trinajstić information content (AvgIpc) is 2.82. The molecule has 0 radical (unpaired) electrons. The molecule has 90 valence electrons. The molecule has 2 nitrogen and oxygen atoms in total. The Morgan fingerprint density at radius 2 is 1.83 bits per heavy atom. The number of benzene rings is 2. The van der Waals surface area contributed by atoms with E-state index in [4.69, 9.17) is 4.42 Å². The third-order valence-corrected chi connectivity index (χ3v) is 3.74. The number of para-hydroxylation sites is 2. The highest BCUT2D eigenvalue weighted by Crippen LogP contribution is 2.32. The fourth-order valence-electron chi connectivity index (χ4n) is 1.80. The van der Waals surface area contributed by atoms with E-state index < -0.39 is 0 Å². The van der Waals surface area contributed by atoms with Crippen molar-refractivity contribution >= 4 is 43.0 Å². The van der Waals surface area contributed by atoms with Crippen molar-refractivity contribution in [1.29, 1.82) is 0 Å². The van der Waals surface area contributed by atoms with Gasteiger partial charge in [0.15, 0.2) is 5.58 Å². The van der Waals surface area contributed by atoms with Gasteiger partial charge in [-0.25, -0.2) is 4.98 Å². The number of hydrogen-bond acceptors (Lipinski definition) is 2. The van der Waals surface area contributed by atoms with E-state index >= 15 is 0 Å². The molecule has 0 aliphatic rings. The number of aromatic nitrogens is 1. The largest absolute Gasteiger partial charge is 0.436 e. The van der Waals surface area contributed by atoms with Crippen LogP contribution in [0.5, 0.6) is 0 Å². The highest BCUT2D eigenvalue weighted by atomic mass is 79.9. The molecular formula is C14H9Br2NO. The van der Waals surface area contributed by atoms with Crippen LogP contribution in [0.1, 0.15) is 9.30 Å². The summed E-state index contributed by atoms with van der Waals surface area (Å²) in [6.07, 6.45) is 0. The molecule has 0 atom stereocenters. The third-order valence-electron chi connectivity index (χ3n) is 2.68. The SMILES string of the molecule is BrC(Br)c1cccc(-c2nc3ccccc3o2)c1. The van der Waals surface area contributed by atoms with Crippen molar-refractivity contribution in [3.8, 4) is 11.5 Å². The summed E-state index contributed by atoms with van der Waals surface area (Å²) in [4.78, 5) is 4.49. The number of alkyl halides is 2. The molecule has 3 aromatic rings. The summed E-state index contributed by atoms with van der Waals surface area (Å²) < 4.78 is 5.88. The molecule has 0 aliphatic heterocycles. The summed E-state index contributed by atoms with van der Waals surface area (Å²) in [5, 5.41) is 0. The Morgan fingerprint density at radius 3 is 2.61 bits per heavy atom. The van der Waals surface area contributed by atoms with E-state index in [2.05, 4.69) is 42.9 Å². The summed E-state index contributed by atoms with van der Waals surface area (Å²) in [5.74, 6) is 0.652. The Morgan fingerprint density at radius 1 is 1.00 bits per heavy atom. The van der Waals surface area contributed by atoms with Gasteiger partial charge in [0.25, 0.3) is 0 Å². The second-order valence-electron chi connectivity index (χ2n) is 3.91. The van der Waals surface area contributed by atoms with E-state index in [1.807, 2.05) is 42.5 Å². The van der Waals surface area contributed by atoms with Crippen molar-refractivity contribution < 1.29 is 4.42 Å². The predicted molar refractivity (Wildman–Crippen MR) is 80.0 cm³/mol. The van der Waals surface area contributed by atoms with Gasteiger partial charge in [0, 0.05) is 5.56 Å². The summed E-state index contributed by atoms with van der Waals surface area (Å²) in [7, 11) is 0. The van der Waals surface area contributed by atoms with Gasteiger partial charge < -0.3 is 4.42 Å². The minimum atomic E-state index is 0.134. The van der Waals surface area contributed by atoms with Crippen molar-refractivity contribution in [2.45, 2.75) is 3.74 Å². The highest BCUT2D eigenvalue weighted by Gasteiger charge is 2.09. The number of rotatable bonds is 2. The van der Waals surface area contributed by atoms with Crippen LogP contribution in [0.2, 0.25) is 0 Å². The lowest BCUT2D eigenvalue weighted by atomic mass is 10.1. The van der Waals surface area contributed by atoms with Gasteiger partial charge in [0.05, 0.1) is 3.74 Å². The first-order valence-corrected chi connectivity index (χ1v) is 7.31. The summed E-state index contributed by atoms with van der Waals surface area (Å²) in [6.45, 7) is 0. The third kappa shape index (κ3) is 2.22. The molecule has 0 spiro atoms. The van der Waals surface area contributed by atoms with E-state index in [9.17, 15) is 0 Å². The van der Waals surface area contributed by atoms with Crippen molar-refractivity contribution in [1.82, 2.24) is 4.98 Å². The van der Waals surface area contributed by atoms with Crippen molar-refractivity contribution in [3.05, 3.63) is 54.1 Å². The van der Waals surface area contributed by atoms with Crippen LogP contribution in [0.25, 0.3) is 22.6 Å². The Bertz CT molecular complexity index is 658. The molecule has 0 fully saturated rings. The maximum Gasteiger partial charge on any atom is 0.227 e. The second-order valence-corrected chi connectivity index (χ2v) is 6.97. The van der Waals surface area contributed by atoms with Crippen LogP contribution in [0.4, 0.5) is 0 Å². The summed E-state index contributed by atoms with van der Waals surface area (Å²) >= 11 is 6.98. The minimum absolute atomic E-state index is 0.134. The maximum atomic E-state index is 5.75. The monoisotopic (exact) mass is 365 g/mol. The minimum Gasteiger partial charge on any atom is -0.436 e. The molecule has 3 rings (SSSR count). The quantitative estimate of drug-likeness (QED) is 0.576. The Kier molecular flexibility index (Phi) is 3.22. The van der Waals surface area contributed by atoms with Crippen LogP contribution in [0.15, 0.2) is 52.9 Å². The lowest BCUT2D eigenvalue weighted by Gasteiger charge is -2.03. The van der Waals surface area contributed by atoms with Crippen LogP contribution in [-0.4, -0.2) is 4.98 Å². The molecule has 0 bridgehead atoms. The lowest BCUT2D eigenvalue weighted by molar-refractivity contribution is 0.620. The molecule has 0 aliphatic carbocycles. The molecule has 1 aromatic heterocycles. The number of fused-ring (bicyclic) bond motifs is 1. The molecule has 4 heteroatoms. The van der Waals surface area contributed by atoms with Crippen LogP contribution in [0.3, 0.4) is 0 Å². The molecular weight excluding hydrogens is 358 g/mol. The zero-order chi connectivity index (χ0) is 12.5. The molecule has 0 saturated heterocycles. The van der Waals surface area contributed by atoms with Crippen LogP contribution in [0, 0.1) is 0 Å². The van der Waals surface area contributed by atoms with E-state index in [-0.39, 0.29) is 3.74 Å². The first kappa shape index (κ1) is 11.9. The summed E-state index contributed by atoms with van der Waals surface area (Å²) in [6, 6.07) is 15.9. The molecule has 0 N–H and O–H groups in total.